The Morgan fingerprint density at radius 3 is 2.30 bits per heavy atom. The molecule has 3 nitrogen and oxygen atoms in total. The first-order valence-electron chi connectivity index (χ1n) is 12.0. The number of hydrogen-bond donors (Lipinski definition) is 1. The van der Waals surface area contributed by atoms with Crippen LogP contribution in [0.15, 0.2) is 54.6 Å². The van der Waals surface area contributed by atoms with Gasteiger partial charge in [0.1, 0.15) is 0 Å². The zero-order chi connectivity index (χ0) is 20.6. The molecule has 3 heteroatoms. The van der Waals surface area contributed by atoms with Gasteiger partial charge in [-0.25, -0.2) is 0 Å². The molecule has 4 rings (SSSR count). The second-order valence-electron chi connectivity index (χ2n) is 9.41. The van der Waals surface area contributed by atoms with Crippen molar-refractivity contribution in [2.75, 3.05) is 32.8 Å². The minimum Gasteiger partial charge on any atom is -0.396 e. The molecular weight excluding hydrogens is 368 g/mol. The maximum atomic E-state index is 9.15. The zero-order valence-corrected chi connectivity index (χ0v) is 18.4. The molecule has 30 heavy (non-hydrogen) atoms. The first-order valence-corrected chi connectivity index (χ1v) is 12.0. The Labute approximate surface area is 182 Å². The van der Waals surface area contributed by atoms with Gasteiger partial charge in [0.05, 0.1) is 0 Å². The van der Waals surface area contributed by atoms with E-state index in [-0.39, 0.29) is 0 Å². The van der Waals surface area contributed by atoms with Gasteiger partial charge < -0.3 is 5.11 Å². The molecule has 2 fully saturated rings. The van der Waals surface area contributed by atoms with Crippen LogP contribution in [-0.2, 0) is 13.1 Å². The second-order valence-corrected chi connectivity index (χ2v) is 9.41. The molecule has 0 spiro atoms. The van der Waals surface area contributed by atoms with Crippen LogP contribution >= 0.6 is 0 Å². The van der Waals surface area contributed by atoms with Crippen LogP contribution in [0.4, 0.5) is 0 Å². The molecule has 1 saturated heterocycles. The van der Waals surface area contributed by atoms with Crippen molar-refractivity contribution in [2.24, 2.45) is 5.92 Å². The summed E-state index contributed by atoms with van der Waals surface area (Å²) in [6.45, 7) is 7.26. The summed E-state index contributed by atoms with van der Waals surface area (Å²) in [6.07, 6.45) is 7.35. The quantitative estimate of drug-likeness (QED) is 0.529. The van der Waals surface area contributed by atoms with E-state index in [9.17, 15) is 0 Å². The minimum absolute atomic E-state index is 0.304. The van der Waals surface area contributed by atoms with Gasteiger partial charge in [-0.05, 0) is 86.7 Å². The van der Waals surface area contributed by atoms with Gasteiger partial charge in [-0.15, -0.1) is 0 Å². The van der Waals surface area contributed by atoms with Crippen LogP contribution in [0.3, 0.4) is 0 Å². The fraction of sp³-hybridized carbons (Fsp3) is 0.556. The molecule has 0 radical (unpaired) electrons. The molecule has 162 valence electrons. The average molecular weight is 407 g/mol. The fourth-order valence-corrected chi connectivity index (χ4v) is 5.14. The standard InChI is InChI=1S/C27H38N2O/c30-17-7-6-16-29(21-23-8-2-1-3-9-23)22-25-18-27(19-25)26-12-10-24(11-13-26)20-28-14-4-5-15-28/h1-3,8-13,25,27,30H,4-7,14-22H2. The summed E-state index contributed by atoms with van der Waals surface area (Å²) < 4.78 is 0. The van der Waals surface area contributed by atoms with Crippen molar-refractivity contribution >= 4 is 0 Å². The maximum absolute atomic E-state index is 9.15. The Morgan fingerprint density at radius 1 is 0.867 bits per heavy atom. The molecule has 0 amide bonds. The lowest BCUT2D eigenvalue weighted by Crippen LogP contribution is -2.36. The Kier molecular flexibility index (Phi) is 7.96. The van der Waals surface area contributed by atoms with Gasteiger partial charge in [0, 0.05) is 26.2 Å². The molecule has 0 aromatic heterocycles. The molecular formula is C27H38N2O. The SMILES string of the molecule is OCCCCN(Cc1ccccc1)CC1CC(c2ccc(CN3CCCC3)cc2)C1. The van der Waals surface area contributed by atoms with E-state index < -0.39 is 0 Å². The minimum atomic E-state index is 0.304. The Balaban J connectivity index is 1.25. The number of nitrogens with zero attached hydrogens (tertiary/aromatic N) is 2. The van der Waals surface area contributed by atoms with Gasteiger partial charge >= 0.3 is 0 Å². The van der Waals surface area contributed by atoms with Crippen molar-refractivity contribution in [2.45, 2.75) is 57.5 Å². The van der Waals surface area contributed by atoms with Gasteiger partial charge in [0.25, 0.3) is 0 Å². The molecule has 1 N–H and O–H groups in total. The number of hydrogen-bond acceptors (Lipinski definition) is 3. The van der Waals surface area contributed by atoms with Crippen molar-refractivity contribution < 1.29 is 5.11 Å². The number of rotatable bonds is 11. The second kappa shape index (κ2) is 11.1. The number of aliphatic hydroxyl groups is 1. The van der Waals surface area contributed by atoms with E-state index >= 15 is 0 Å². The summed E-state index contributed by atoms with van der Waals surface area (Å²) >= 11 is 0. The first-order chi connectivity index (χ1) is 14.8. The molecule has 0 unspecified atom stereocenters. The number of benzene rings is 2. The van der Waals surface area contributed by atoms with Crippen LogP contribution in [0.1, 0.15) is 61.1 Å². The molecule has 0 bridgehead atoms. The van der Waals surface area contributed by atoms with Gasteiger partial charge in [0.2, 0.25) is 0 Å². The van der Waals surface area contributed by atoms with Gasteiger partial charge in [-0.1, -0.05) is 54.6 Å². The highest BCUT2D eigenvalue weighted by Gasteiger charge is 2.31. The summed E-state index contributed by atoms with van der Waals surface area (Å²) in [5.74, 6) is 1.55. The van der Waals surface area contributed by atoms with Gasteiger partial charge in [0.15, 0.2) is 0 Å². The third-order valence-corrected chi connectivity index (χ3v) is 6.94. The smallest absolute Gasteiger partial charge is 0.0431 e. The lowest BCUT2D eigenvalue weighted by molar-refractivity contribution is 0.148. The maximum Gasteiger partial charge on any atom is 0.0431 e. The predicted molar refractivity (Wildman–Crippen MR) is 124 cm³/mol. The molecule has 1 aliphatic heterocycles. The van der Waals surface area contributed by atoms with Crippen molar-refractivity contribution in [1.29, 1.82) is 0 Å². The Bertz CT molecular complexity index is 733. The molecule has 1 aliphatic carbocycles. The van der Waals surface area contributed by atoms with Crippen LogP contribution in [0.2, 0.25) is 0 Å². The Morgan fingerprint density at radius 2 is 1.60 bits per heavy atom. The zero-order valence-electron chi connectivity index (χ0n) is 18.4. The van der Waals surface area contributed by atoms with E-state index in [1.54, 1.807) is 0 Å². The van der Waals surface area contributed by atoms with E-state index in [1.165, 1.54) is 62.0 Å². The van der Waals surface area contributed by atoms with Gasteiger partial charge in [-0.3, -0.25) is 9.80 Å². The number of unbranched alkanes of at least 4 members (excludes halogenated alkanes) is 1. The van der Waals surface area contributed by atoms with E-state index in [1.807, 2.05) is 0 Å². The van der Waals surface area contributed by atoms with Crippen LogP contribution < -0.4 is 0 Å². The van der Waals surface area contributed by atoms with Crippen LogP contribution in [0, 0.1) is 5.92 Å². The van der Waals surface area contributed by atoms with Gasteiger partial charge in [-0.2, -0.15) is 0 Å². The van der Waals surface area contributed by atoms with Crippen molar-refractivity contribution in [3.63, 3.8) is 0 Å². The van der Waals surface area contributed by atoms with Crippen LogP contribution in [0.5, 0.6) is 0 Å². The summed E-state index contributed by atoms with van der Waals surface area (Å²) in [6, 6.07) is 20.3. The largest absolute Gasteiger partial charge is 0.396 e. The molecule has 2 aliphatic rings. The normalized spacial score (nSPS) is 21.8. The van der Waals surface area contributed by atoms with Crippen LogP contribution in [0.25, 0.3) is 0 Å². The molecule has 2 aromatic carbocycles. The lowest BCUT2D eigenvalue weighted by Gasteiger charge is -2.39. The molecule has 1 heterocycles. The summed E-state index contributed by atoms with van der Waals surface area (Å²) in [5.41, 5.74) is 4.40. The van der Waals surface area contributed by atoms with E-state index in [4.69, 9.17) is 5.11 Å². The van der Waals surface area contributed by atoms with E-state index in [0.717, 1.165) is 44.3 Å². The highest BCUT2D eigenvalue weighted by Crippen LogP contribution is 2.42. The van der Waals surface area contributed by atoms with Crippen LogP contribution in [-0.4, -0.2) is 47.7 Å². The molecule has 2 aromatic rings. The van der Waals surface area contributed by atoms with Crippen molar-refractivity contribution in [1.82, 2.24) is 9.80 Å². The molecule has 0 atom stereocenters. The van der Waals surface area contributed by atoms with Crippen molar-refractivity contribution in [3.8, 4) is 0 Å². The highest BCUT2D eigenvalue weighted by atomic mass is 16.2. The number of aliphatic hydroxyl groups excluding tert-OH is 1. The average Bonchev–Trinajstić information content (AvgIpc) is 3.25. The lowest BCUT2D eigenvalue weighted by atomic mass is 9.71. The number of likely N-dealkylation sites (tertiary alicyclic amines) is 1. The fourth-order valence-electron chi connectivity index (χ4n) is 5.14. The third-order valence-electron chi connectivity index (χ3n) is 6.94. The Hall–Kier alpha value is -1.68. The van der Waals surface area contributed by atoms with Crippen molar-refractivity contribution in [3.05, 3.63) is 71.3 Å². The summed E-state index contributed by atoms with van der Waals surface area (Å²) in [7, 11) is 0. The van der Waals surface area contributed by atoms with E-state index in [2.05, 4.69) is 64.4 Å². The monoisotopic (exact) mass is 406 g/mol. The topological polar surface area (TPSA) is 26.7 Å². The third kappa shape index (κ3) is 6.16. The summed E-state index contributed by atoms with van der Waals surface area (Å²) in [5, 5.41) is 9.15. The highest BCUT2D eigenvalue weighted by molar-refractivity contribution is 5.27. The molecule has 1 saturated carbocycles. The summed E-state index contributed by atoms with van der Waals surface area (Å²) in [4.78, 5) is 5.18. The predicted octanol–water partition coefficient (Wildman–Crippen LogP) is 5.05. The first kappa shape index (κ1) is 21.5. The van der Waals surface area contributed by atoms with E-state index in [0.29, 0.717) is 6.61 Å².